The maximum absolute atomic E-state index is 12.6. The standard InChI is InChI=1S/C24H30N4O4/c1-26(2)22(29)17-32-21-6-4-5-20(15-21)23(30)25-16-18-7-9-19(10-8-18)24(31)28-13-11-27(3)12-14-28/h4-10,15H,11-14,16-17H2,1-3H3,(H,25,30). The van der Waals surface area contributed by atoms with Crippen LogP contribution in [0.2, 0.25) is 0 Å². The van der Waals surface area contributed by atoms with Crippen LogP contribution in [0.15, 0.2) is 48.5 Å². The van der Waals surface area contributed by atoms with Crippen LogP contribution >= 0.6 is 0 Å². The number of piperazine rings is 1. The molecule has 0 unspecified atom stereocenters. The number of rotatable bonds is 7. The molecule has 3 amide bonds. The van der Waals surface area contributed by atoms with Crippen LogP contribution in [0.3, 0.4) is 0 Å². The average Bonchev–Trinajstić information content (AvgIpc) is 2.81. The van der Waals surface area contributed by atoms with E-state index in [1.807, 2.05) is 17.0 Å². The Labute approximate surface area is 188 Å². The zero-order valence-electron chi connectivity index (χ0n) is 18.8. The quantitative estimate of drug-likeness (QED) is 0.708. The third-order valence-corrected chi connectivity index (χ3v) is 5.40. The molecule has 1 N–H and O–H groups in total. The second-order valence-electron chi connectivity index (χ2n) is 8.08. The van der Waals surface area contributed by atoms with Gasteiger partial charge in [-0.3, -0.25) is 14.4 Å². The topological polar surface area (TPSA) is 82.2 Å². The van der Waals surface area contributed by atoms with E-state index in [-0.39, 0.29) is 24.3 Å². The molecule has 0 aliphatic carbocycles. The van der Waals surface area contributed by atoms with Crippen molar-refractivity contribution in [1.82, 2.24) is 20.0 Å². The molecule has 32 heavy (non-hydrogen) atoms. The van der Waals surface area contributed by atoms with Gasteiger partial charge in [-0.1, -0.05) is 18.2 Å². The number of amides is 3. The van der Waals surface area contributed by atoms with Crippen LogP contribution < -0.4 is 10.1 Å². The summed E-state index contributed by atoms with van der Waals surface area (Å²) in [4.78, 5) is 42.3. The molecule has 1 aliphatic heterocycles. The highest BCUT2D eigenvalue weighted by Gasteiger charge is 2.20. The van der Waals surface area contributed by atoms with Gasteiger partial charge in [0.1, 0.15) is 5.75 Å². The van der Waals surface area contributed by atoms with Crippen molar-refractivity contribution in [2.45, 2.75) is 6.54 Å². The molecule has 2 aromatic carbocycles. The van der Waals surface area contributed by atoms with Crippen molar-refractivity contribution in [3.8, 4) is 5.75 Å². The third-order valence-electron chi connectivity index (χ3n) is 5.40. The Morgan fingerprint density at radius 2 is 1.66 bits per heavy atom. The number of benzene rings is 2. The fourth-order valence-corrected chi connectivity index (χ4v) is 3.24. The Hall–Kier alpha value is -3.39. The normalized spacial score (nSPS) is 14.0. The van der Waals surface area contributed by atoms with Gasteiger partial charge in [-0.15, -0.1) is 0 Å². The SMILES string of the molecule is CN1CCN(C(=O)c2ccc(CNC(=O)c3cccc(OCC(=O)N(C)C)c3)cc2)CC1. The Kier molecular flexibility index (Phi) is 7.83. The van der Waals surface area contributed by atoms with Gasteiger partial charge in [0.05, 0.1) is 0 Å². The molecule has 2 aromatic rings. The van der Waals surface area contributed by atoms with Gasteiger partial charge in [0.25, 0.3) is 17.7 Å². The minimum Gasteiger partial charge on any atom is -0.484 e. The minimum absolute atomic E-state index is 0.0400. The largest absolute Gasteiger partial charge is 0.484 e. The first kappa shape index (κ1) is 23.3. The van der Waals surface area contributed by atoms with Crippen molar-refractivity contribution in [3.05, 3.63) is 65.2 Å². The molecule has 0 radical (unpaired) electrons. The molecule has 1 fully saturated rings. The molecule has 0 bridgehead atoms. The van der Waals surface area contributed by atoms with Crippen molar-refractivity contribution >= 4 is 17.7 Å². The van der Waals surface area contributed by atoms with E-state index in [2.05, 4.69) is 17.3 Å². The smallest absolute Gasteiger partial charge is 0.259 e. The second-order valence-corrected chi connectivity index (χ2v) is 8.08. The molecule has 1 aliphatic rings. The van der Waals surface area contributed by atoms with E-state index in [4.69, 9.17) is 4.74 Å². The number of hydrogen-bond acceptors (Lipinski definition) is 5. The van der Waals surface area contributed by atoms with E-state index >= 15 is 0 Å². The second kappa shape index (κ2) is 10.8. The van der Waals surface area contributed by atoms with E-state index in [0.29, 0.717) is 23.4 Å². The molecule has 3 rings (SSSR count). The number of likely N-dealkylation sites (N-methyl/N-ethyl adjacent to an activating group) is 2. The fraction of sp³-hybridized carbons (Fsp3) is 0.375. The number of ether oxygens (including phenoxy) is 1. The van der Waals surface area contributed by atoms with E-state index in [1.54, 1.807) is 50.5 Å². The molecule has 1 saturated heterocycles. The van der Waals surface area contributed by atoms with E-state index in [9.17, 15) is 14.4 Å². The Balaban J connectivity index is 1.52. The maximum Gasteiger partial charge on any atom is 0.259 e. The summed E-state index contributed by atoms with van der Waals surface area (Å²) < 4.78 is 5.46. The lowest BCUT2D eigenvalue weighted by Crippen LogP contribution is -2.47. The fourth-order valence-electron chi connectivity index (χ4n) is 3.24. The predicted octanol–water partition coefficient (Wildman–Crippen LogP) is 1.47. The summed E-state index contributed by atoms with van der Waals surface area (Å²) in [6, 6.07) is 14.0. The van der Waals surface area contributed by atoms with Crippen LogP contribution in [-0.2, 0) is 11.3 Å². The molecule has 8 heteroatoms. The number of nitrogens with one attached hydrogen (secondary N) is 1. The van der Waals surface area contributed by atoms with Crippen LogP contribution in [0.25, 0.3) is 0 Å². The van der Waals surface area contributed by atoms with Gasteiger partial charge in [0, 0.05) is 57.9 Å². The van der Waals surface area contributed by atoms with Gasteiger partial charge >= 0.3 is 0 Å². The first-order valence-electron chi connectivity index (χ1n) is 10.6. The molecule has 0 spiro atoms. The summed E-state index contributed by atoms with van der Waals surface area (Å²) in [5.74, 6) is 0.0965. The van der Waals surface area contributed by atoms with Crippen LogP contribution in [0, 0.1) is 0 Å². The van der Waals surface area contributed by atoms with Gasteiger partial charge < -0.3 is 24.8 Å². The number of nitrogens with zero attached hydrogens (tertiary/aromatic N) is 3. The Morgan fingerprint density at radius 3 is 2.31 bits per heavy atom. The van der Waals surface area contributed by atoms with Gasteiger partial charge in [-0.2, -0.15) is 0 Å². The molecule has 0 aromatic heterocycles. The highest BCUT2D eigenvalue weighted by molar-refractivity contribution is 5.95. The zero-order chi connectivity index (χ0) is 23.1. The molecular weight excluding hydrogens is 408 g/mol. The Morgan fingerprint density at radius 1 is 0.969 bits per heavy atom. The summed E-state index contributed by atoms with van der Waals surface area (Å²) in [6.45, 7) is 3.49. The first-order chi connectivity index (χ1) is 15.3. The van der Waals surface area contributed by atoms with Gasteiger partial charge in [0.2, 0.25) is 0 Å². The predicted molar refractivity (Wildman–Crippen MR) is 122 cm³/mol. The van der Waals surface area contributed by atoms with Gasteiger partial charge in [0.15, 0.2) is 6.61 Å². The van der Waals surface area contributed by atoms with Crippen molar-refractivity contribution < 1.29 is 19.1 Å². The van der Waals surface area contributed by atoms with E-state index < -0.39 is 0 Å². The molecular formula is C24H30N4O4. The average molecular weight is 439 g/mol. The summed E-state index contributed by atoms with van der Waals surface area (Å²) in [5, 5.41) is 2.87. The number of hydrogen-bond donors (Lipinski definition) is 1. The summed E-state index contributed by atoms with van der Waals surface area (Å²) in [5.41, 5.74) is 2.00. The van der Waals surface area contributed by atoms with Crippen LogP contribution in [-0.4, -0.2) is 86.4 Å². The molecule has 0 atom stereocenters. The van der Waals surface area contributed by atoms with E-state index in [0.717, 1.165) is 31.7 Å². The highest BCUT2D eigenvalue weighted by atomic mass is 16.5. The van der Waals surface area contributed by atoms with Crippen molar-refractivity contribution in [2.24, 2.45) is 0 Å². The van der Waals surface area contributed by atoms with Gasteiger partial charge in [-0.05, 0) is 42.9 Å². The van der Waals surface area contributed by atoms with Crippen LogP contribution in [0.5, 0.6) is 5.75 Å². The number of carbonyl (C=O) groups excluding carboxylic acids is 3. The summed E-state index contributed by atoms with van der Waals surface area (Å²) >= 11 is 0. The first-order valence-corrected chi connectivity index (χ1v) is 10.6. The molecule has 170 valence electrons. The third kappa shape index (κ3) is 6.31. The Bertz CT molecular complexity index is 951. The van der Waals surface area contributed by atoms with Crippen LogP contribution in [0.4, 0.5) is 0 Å². The zero-order valence-corrected chi connectivity index (χ0v) is 18.8. The van der Waals surface area contributed by atoms with Gasteiger partial charge in [-0.25, -0.2) is 0 Å². The summed E-state index contributed by atoms with van der Waals surface area (Å²) in [6.07, 6.45) is 0. The van der Waals surface area contributed by atoms with Crippen molar-refractivity contribution in [3.63, 3.8) is 0 Å². The lowest BCUT2D eigenvalue weighted by Gasteiger charge is -2.32. The maximum atomic E-state index is 12.6. The summed E-state index contributed by atoms with van der Waals surface area (Å²) in [7, 11) is 5.37. The number of carbonyl (C=O) groups is 3. The monoisotopic (exact) mass is 438 g/mol. The lowest BCUT2D eigenvalue weighted by atomic mass is 10.1. The minimum atomic E-state index is -0.244. The molecule has 0 saturated carbocycles. The highest BCUT2D eigenvalue weighted by Crippen LogP contribution is 2.14. The van der Waals surface area contributed by atoms with E-state index in [1.165, 1.54) is 4.90 Å². The molecule has 1 heterocycles. The molecule has 8 nitrogen and oxygen atoms in total. The van der Waals surface area contributed by atoms with Crippen LogP contribution in [0.1, 0.15) is 26.3 Å². The van der Waals surface area contributed by atoms with Crippen molar-refractivity contribution in [2.75, 3.05) is 53.9 Å². The lowest BCUT2D eigenvalue weighted by molar-refractivity contribution is -0.130. The van der Waals surface area contributed by atoms with Crippen molar-refractivity contribution in [1.29, 1.82) is 0 Å².